The minimum absolute atomic E-state index is 0.183. The van der Waals surface area contributed by atoms with Crippen molar-refractivity contribution in [1.82, 2.24) is 10.3 Å². The number of nitrogens with zero attached hydrogens (tertiary/aromatic N) is 1. The molecule has 0 saturated heterocycles. The molecule has 3 aromatic rings. The molecule has 0 spiro atoms. The molecule has 0 aliphatic heterocycles. The number of carbonyl (C=O) groups excluding carboxylic acids is 1. The van der Waals surface area contributed by atoms with Gasteiger partial charge in [0.15, 0.2) is 0 Å². The largest absolute Gasteiger partial charge is 0.491 e. The van der Waals surface area contributed by atoms with Crippen molar-refractivity contribution in [2.24, 2.45) is 0 Å². The van der Waals surface area contributed by atoms with Gasteiger partial charge in [0.2, 0.25) is 0 Å². The van der Waals surface area contributed by atoms with Crippen LogP contribution in [0.25, 0.3) is 0 Å². The lowest BCUT2D eigenvalue weighted by atomic mass is 10.1. The summed E-state index contributed by atoms with van der Waals surface area (Å²) in [5, 5.41) is 6.13. The number of nitrogens with one attached hydrogen (secondary N) is 2. The Morgan fingerprint density at radius 3 is 2.59 bits per heavy atom. The summed E-state index contributed by atoms with van der Waals surface area (Å²) in [6, 6.07) is 18.4. The van der Waals surface area contributed by atoms with Crippen LogP contribution in [0.15, 0.2) is 73.1 Å². The second kappa shape index (κ2) is 9.35. The van der Waals surface area contributed by atoms with E-state index in [0.29, 0.717) is 36.6 Å². The van der Waals surface area contributed by atoms with Crippen LogP contribution in [0.4, 0.5) is 11.4 Å². The third-order valence-electron chi connectivity index (χ3n) is 3.94. The highest BCUT2D eigenvalue weighted by atomic mass is 16.5. The third kappa shape index (κ3) is 5.55. The van der Waals surface area contributed by atoms with Crippen molar-refractivity contribution in [3.05, 3.63) is 84.2 Å². The lowest BCUT2D eigenvalue weighted by Crippen LogP contribution is -2.20. The fourth-order valence-electron chi connectivity index (χ4n) is 2.49. The Bertz CT molecular complexity index is 867. The van der Waals surface area contributed by atoms with Gasteiger partial charge in [-0.3, -0.25) is 9.78 Å². The molecule has 0 saturated carbocycles. The summed E-state index contributed by atoms with van der Waals surface area (Å²) in [5.41, 5.74) is 8.68. The lowest BCUT2D eigenvalue weighted by Gasteiger charge is -2.09. The lowest BCUT2D eigenvalue weighted by molar-refractivity contribution is 0.102. The molecule has 0 bridgehead atoms. The number of aromatic nitrogens is 1. The van der Waals surface area contributed by atoms with Crippen molar-refractivity contribution in [2.45, 2.75) is 6.54 Å². The molecular formula is C21H22N4O2. The smallest absolute Gasteiger partial charge is 0.255 e. The summed E-state index contributed by atoms with van der Waals surface area (Å²) in [6.07, 6.45) is 3.40. The average Bonchev–Trinajstić information content (AvgIpc) is 2.71. The van der Waals surface area contributed by atoms with E-state index in [1.54, 1.807) is 36.7 Å². The number of hydrogen-bond acceptors (Lipinski definition) is 5. The minimum Gasteiger partial charge on any atom is -0.491 e. The van der Waals surface area contributed by atoms with Crippen LogP contribution in [-0.4, -0.2) is 24.0 Å². The number of benzene rings is 2. The molecule has 6 heteroatoms. The van der Waals surface area contributed by atoms with Crippen LogP contribution in [0.2, 0.25) is 0 Å². The molecule has 3 rings (SSSR count). The molecule has 4 N–H and O–H groups in total. The van der Waals surface area contributed by atoms with Crippen LogP contribution in [-0.2, 0) is 6.54 Å². The predicted octanol–water partition coefficient (Wildman–Crippen LogP) is 3.08. The summed E-state index contributed by atoms with van der Waals surface area (Å²) < 4.78 is 5.57. The van der Waals surface area contributed by atoms with Gasteiger partial charge < -0.3 is 21.1 Å². The van der Waals surface area contributed by atoms with Crippen LogP contribution >= 0.6 is 0 Å². The van der Waals surface area contributed by atoms with Gasteiger partial charge >= 0.3 is 0 Å². The maximum absolute atomic E-state index is 12.3. The summed E-state index contributed by atoms with van der Waals surface area (Å²) in [5.74, 6) is 0.575. The highest BCUT2D eigenvalue weighted by Gasteiger charge is 2.07. The number of ether oxygens (including phenoxy) is 1. The Labute approximate surface area is 158 Å². The number of amides is 1. The zero-order valence-electron chi connectivity index (χ0n) is 14.9. The van der Waals surface area contributed by atoms with E-state index >= 15 is 0 Å². The van der Waals surface area contributed by atoms with E-state index in [1.807, 2.05) is 36.4 Å². The first-order valence-corrected chi connectivity index (χ1v) is 8.71. The van der Waals surface area contributed by atoms with Gasteiger partial charge in [0.05, 0.1) is 17.6 Å². The highest BCUT2D eigenvalue weighted by Crippen LogP contribution is 2.18. The SMILES string of the molecule is Nc1ccccc1NC(=O)c1ccc(CNCCOc2cccnc2)cc1. The molecule has 0 aliphatic rings. The van der Waals surface area contributed by atoms with Gasteiger partial charge in [0, 0.05) is 24.8 Å². The molecule has 1 amide bonds. The molecule has 0 aliphatic carbocycles. The number of hydrogen-bond donors (Lipinski definition) is 3. The minimum atomic E-state index is -0.183. The Morgan fingerprint density at radius 2 is 1.85 bits per heavy atom. The molecule has 0 radical (unpaired) electrons. The normalized spacial score (nSPS) is 10.4. The van der Waals surface area contributed by atoms with Gasteiger partial charge in [-0.1, -0.05) is 24.3 Å². The van der Waals surface area contributed by atoms with Gasteiger partial charge in [-0.25, -0.2) is 0 Å². The standard InChI is InChI=1S/C21H22N4O2/c22-19-5-1-2-6-20(19)25-21(26)17-9-7-16(8-10-17)14-24-12-13-27-18-4-3-11-23-15-18/h1-11,15,24H,12-14,22H2,(H,25,26). The van der Waals surface area contributed by atoms with Crippen molar-refractivity contribution >= 4 is 17.3 Å². The molecule has 27 heavy (non-hydrogen) atoms. The zero-order chi connectivity index (χ0) is 18.9. The number of para-hydroxylation sites is 2. The van der Waals surface area contributed by atoms with E-state index in [0.717, 1.165) is 11.3 Å². The number of anilines is 2. The van der Waals surface area contributed by atoms with E-state index in [1.165, 1.54) is 0 Å². The summed E-state index contributed by atoms with van der Waals surface area (Å²) in [6.45, 7) is 1.97. The van der Waals surface area contributed by atoms with E-state index < -0.39 is 0 Å². The van der Waals surface area contributed by atoms with E-state index in [2.05, 4.69) is 15.6 Å². The summed E-state index contributed by atoms with van der Waals surface area (Å²) in [7, 11) is 0. The predicted molar refractivity (Wildman–Crippen MR) is 107 cm³/mol. The van der Waals surface area contributed by atoms with Crippen molar-refractivity contribution < 1.29 is 9.53 Å². The first-order valence-electron chi connectivity index (χ1n) is 8.71. The highest BCUT2D eigenvalue weighted by molar-refractivity contribution is 6.05. The summed E-state index contributed by atoms with van der Waals surface area (Å²) in [4.78, 5) is 16.3. The van der Waals surface area contributed by atoms with E-state index in [-0.39, 0.29) is 5.91 Å². The Morgan fingerprint density at radius 1 is 1.04 bits per heavy atom. The van der Waals surface area contributed by atoms with E-state index in [4.69, 9.17) is 10.5 Å². The van der Waals surface area contributed by atoms with Crippen molar-refractivity contribution in [3.8, 4) is 5.75 Å². The van der Waals surface area contributed by atoms with E-state index in [9.17, 15) is 4.79 Å². The number of pyridine rings is 1. The van der Waals surface area contributed by atoms with Crippen LogP contribution < -0.4 is 21.1 Å². The number of carbonyl (C=O) groups is 1. The van der Waals surface area contributed by atoms with Crippen molar-refractivity contribution in [1.29, 1.82) is 0 Å². The summed E-state index contributed by atoms with van der Waals surface area (Å²) >= 11 is 0. The quantitative estimate of drug-likeness (QED) is 0.423. The molecule has 2 aromatic carbocycles. The monoisotopic (exact) mass is 362 g/mol. The van der Waals surface area contributed by atoms with Crippen molar-refractivity contribution in [2.75, 3.05) is 24.2 Å². The second-order valence-electron chi connectivity index (χ2n) is 5.95. The number of rotatable bonds is 8. The molecule has 1 aromatic heterocycles. The molecule has 6 nitrogen and oxygen atoms in total. The molecule has 1 heterocycles. The molecule has 0 unspecified atom stereocenters. The third-order valence-corrected chi connectivity index (χ3v) is 3.94. The van der Waals surface area contributed by atoms with Crippen LogP contribution in [0.3, 0.4) is 0 Å². The Balaban J connectivity index is 1.43. The topological polar surface area (TPSA) is 89.3 Å². The van der Waals surface area contributed by atoms with Crippen LogP contribution in [0.5, 0.6) is 5.75 Å². The second-order valence-corrected chi connectivity index (χ2v) is 5.95. The molecule has 0 fully saturated rings. The van der Waals surface area contributed by atoms with Gasteiger partial charge in [-0.05, 0) is 42.0 Å². The fourth-order valence-corrected chi connectivity index (χ4v) is 2.49. The number of nitrogens with two attached hydrogens (primary N) is 1. The van der Waals surface area contributed by atoms with Crippen molar-refractivity contribution in [3.63, 3.8) is 0 Å². The molecular weight excluding hydrogens is 340 g/mol. The number of nitrogen functional groups attached to an aromatic ring is 1. The van der Waals surface area contributed by atoms with Gasteiger partial charge in [-0.2, -0.15) is 0 Å². The average molecular weight is 362 g/mol. The maximum Gasteiger partial charge on any atom is 0.255 e. The first-order chi connectivity index (χ1) is 13.2. The zero-order valence-corrected chi connectivity index (χ0v) is 14.9. The molecule has 0 atom stereocenters. The van der Waals surface area contributed by atoms with Crippen LogP contribution in [0, 0.1) is 0 Å². The Hall–Kier alpha value is -3.38. The maximum atomic E-state index is 12.3. The van der Waals surface area contributed by atoms with Gasteiger partial charge in [0.1, 0.15) is 12.4 Å². The first kappa shape index (κ1) is 18.4. The molecule has 138 valence electrons. The van der Waals surface area contributed by atoms with Gasteiger partial charge in [-0.15, -0.1) is 0 Å². The van der Waals surface area contributed by atoms with Gasteiger partial charge in [0.25, 0.3) is 5.91 Å². The van der Waals surface area contributed by atoms with Crippen LogP contribution in [0.1, 0.15) is 15.9 Å². The Kier molecular flexibility index (Phi) is 6.38. The fraction of sp³-hybridized carbons (Fsp3) is 0.143.